The molecular weight excluding hydrogens is 314 g/mol. The molecule has 1 unspecified atom stereocenters. The van der Waals surface area contributed by atoms with Crippen LogP contribution in [0.5, 0.6) is 11.5 Å². The van der Waals surface area contributed by atoms with Gasteiger partial charge in [0.05, 0.1) is 13.2 Å². The summed E-state index contributed by atoms with van der Waals surface area (Å²) in [5.41, 5.74) is 1.98. The van der Waals surface area contributed by atoms with Gasteiger partial charge in [-0.15, -0.1) is 0 Å². The molecule has 0 saturated heterocycles. The molecule has 0 heterocycles. The van der Waals surface area contributed by atoms with Crippen LogP contribution in [0.25, 0.3) is 0 Å². The van der Waals surface area contributed by atoms with Gasteiger partial charge in [0.25, 0.3) is 5.91 Å². The van der Waals surface area contributed by atoms with Crippen LogP contribution in [0.2, 0.25) is 0 Å². The van der Waals surface area contributed by atoms with Gasteiger partial charge in [0, 0.05) is 5.56 Å². The number of hydrogen-bond acceptors (Lipinski definition) is 3. The average molecular weight is 341 g/mol. The van der Waals surface area contributed by atoms with Crippen molar-refractivity contribution in [3.05, 3.63) is 59.7 Å². The molecular formula is C21H27NO3. The van der Waals surface area contributed by atoms with E-state index in [0.29, 0.717) is 0 Å². The molecule has 2 aromatic rings. The number of para-hydroxylation sites is 2. The molecule has 2 aromatic carbocycles. The van der Waals surface area contributed by atoms with Gasteiger partial charge in [-0.3, -0.25) is 4.79 Å². The highest BCUT2D eigenvalue weighted by Gasteiger charge is 2.19. The molecule has 0 fully saturated rings. The molecule has 0 saturated carbocycles. The first-order valence-electron chi connectivity index (χ1n) is 8.47. The smallest absolute Gasteiger partial charge is 0.258 e. The Balaban J connectivity index is 2.00. The summed E-state index contributed by atoms with van der Waals surface area (Å²) < 4.78 is 11.1. The Morgan fingerprint density at radius 3 is 2.28 bits per heavy atom. The molecule has 1 N–H and O–H groups in total. The molecule has 0 aliphatic heterocycles. The lowest BCUT2D eigenvalue weighted by Crippen LogP contribution is -2.31. The summed E-state index contributed by atoms with van der Waals surface area (Å²) in [5, 5.41) is 2.96. The molecule has 0 bridgehead atoms. The number of carbonyl (C=O) groups is 1. The second kappa shape index (κ2) is 8.06. The largest absolute Gasteiger partial charge is 0.496 e. The topological polar surface area (TPSA) is 47.6 Å². The van der Waals surface area contributed by atoms with Crippen molar-refractivity contribution in [3.8, 4) is 11.5 Å². The zero-order chi connectivity index (χ0) is 18.4. The first-order valence-corrected chi connectivity index (χ1v) is 8.47. The van der Waals surface area contributed by atoms with E-state index in [1.807, 2.05) is 55.5 Å². The molecule has 0 aliphatic rings. The van der Waals surface area contributed by atoms with E-state index in [4.69, 9.17) is 9.47 Å². The van der Waals surface area contributed by atoms with Crippen molar-refractivity contribution in [2.45, 2.75) is 39.2 Å². The van der Waals surface area contributed by atoms with E-state index in [2.05, 4.69) is 26.1 Å². The minimum atomic E-state index is -0.165. The van der Waals surface area contributed by atoms with Crippen molar-refractivity contribution >= 4 is 5.91 Å². The number of benzene rings is 2. The molecule has 1 amide bonds. The van der Waals surface area contributed by atoms with Crippen LogP contribution in [0.4, 0.5) is 0 Å². The summed E-state index contributed by atoms with van der Waals surface area (Å²) in [6.45, 7) is 8.28. The zero-order valence-corrected chi connectivity index (χ0v) is 15.6. The van der Waals surface area contributed by atoms with E-state index in [9.17, 15) is 4.79 Å². The van der Waals surface area contributed by atoms with Gasteiger partial charge in [0.15, 0.2) is 6.61 Å². The van der Waals surface area contributed by atoms with E-state index < -0.39 is 0 Å². The summed E-state index contributed by atoms with van der Waals surface area (Å²) in [6.07, 6.45) is 0. The van der Waals surface area contributed by atoms with Gasteiger partial charge in [-0.05, 0) is 30.0 Å². The molecule has 0 radical (unpaired) electrons. The fourth-order valence-electron chi connectivity index (χ4n) is 2.74. The number of nitrogens with one attached hydrogen (secondary N) is 1. The van der Waals surface area contributed by atoms with E-state index in [1.165, 1.54) is 0 Å². The Labute approximate surface area is 150 Å². The van der Waals surface area contributed by atoms with Gasteiger partial charge in [0.2, 0.25) is 0 Å². The number of carbonyl (C=O) groups excluding carboxylic acids is 1. The van der Waals surface area contributed by atoms with Crippen molar-refractivity contribution in [3.63, 3.8) is 0 Å². The molecule has 0 spiro atoms. The summed E-state index contributed by atoms with van der Waals surface area (Å²) in [4.78, 5) is 12.3. The lowest BCUT2D eigenvalue weighted by Gasteiger charge is -2.23. The normalized spacial score (nSPS) is 12.4. The molecule has 0 aliphatic carbocycles. The molecule has 4 heteroatoms. The third kappa shape index (κ3) is 4.99. The van der Waals surface area contributed by atoms with Crippen LogP contribution in [-0.2, 0) is 10.2 Å². The molecule has 4 nitrogen and oxygen atoms in total. The highest BCUT2D eigenvalue weighted by Crippen LogP contribution is 2.31. The minimum Gasteiger partial charge on any atom is -0.496 e. The van der Waals surface area contributed by atoms with Crippen molar-refractivity contribution < 1.29 is 14.3 Å². The number of methoxy groups -OCH3 is 1. The Kier molecular flexibility index (Phi) is 6.07. The second-order valence-corrected chi connectivity index (χ2v) is 7.07. The first-order chi connectivity index (χ1) is 11.8. The second-order valence-electron chi connectivity index (χ2n) is 7.07. The Morgan fingerprint density at radius 1 is 1.04 bits per heavy atom. The van der Waals surface area contributed by atoms with Gasteiger partial charge in [-0.1, -0.05) is 57.2 Å². The molecule has 2 rings (SSSR count). The SMILES string of the molecule is COc1ccccc1C(C)NC(=O)COc1ccccc1C(C)(C)C. The monoisotopic (exact) mass is 341 g/mol. The van der Waals surface area contributed by atoms with Crippen molar-refractivity contribution in [1.29, 1.82) is 0 Å². The summed E-state index contributed by atoms with van der Waals surface area (Å²) >= 11 is 0. The van der Waals surface area contributed by atoms with E-state index in [-0.39, 0.29) is 24.0 Å². The summed E-state index contributed by atoms with van der Waals surface area (Å²) in [5.74, 6) is 1.34. The third-order valence-electron chi connectivity index (χ3n) is 4.04. The van der Waals surface area contributed by atoms with Crippen LogP contribution in [0.3, 0.4) is 0 Å². The minimum absolute atomic E-state index is 0.0212. The molecule has 0 aromatic heterocycles. The highest BCUT2D eigenvalue weighted by atomic mass is 16.5. The maximum atomic E-state index is 12.3. The van der Waals surface area contributed by atoms with Crippen LogP contribution in [0.15, 0.2) is 48.5 Å². The van der Waals surface area contributed by atoms with Crippen LogP contribution < -0.4 is 14.8 Å². The molecule has 1 atom stereocenters. The maximum absolute atomic E-state index is 12.3. The van der Waals surface area contributed by atoms with E-state index >= 15 is 0 Å². The first kappa shape index (κ1) is 18.8. The van der Waals surface area contributed by atoms with E-state index in [1.54, 1.807) is 7.11 Å². The van der Waals surface area contributed by atoms with Crippen molar-refractivity contribution in [1.82, 2.24) is 5.32 Å². The average Bonchev–Trinajstić information content (AvgIpc) is 2.59. The quantitative estimate of drug-likeness (QED) is 0.854. The van der Waals surface area contributed by atoms with Crippen LogP contribution in [0.1, 0.15) is 44.9 Å². The standard InChI is InChI=1S/C21H27NO3/c1-15(16-10-6-8-12-18(16)24-5)22-20(23)14-25-19-13-9-7-11-17(19)21(2,3)4/h6-13,15H,14H2,1-5H3,(H,22,23). The van der Waals surface area contributed by atoms with Gasteiger partial charge < -0.3 is 14.8 Å². The maximum Gasteiger partial charge on any atom is 0.258 e. The Hall–Kier alpha value is -2.49. The van der Waals surface area contributed by atoms with Crippen LogP contribution in [-0.4, -0.2) is 19.6 Å². The van der Waals surface area contributed by atoms with E-state index in [0.717, 1.165) is 22.6 Å². The van der Waals surface area contributed by atoms with Gasteiger partial charge in [-0.2, -0.15) is 0 Å². The van der Waals surface area contributed by atoms with Gasteiger partial charge in [0.1, 0.15) is 11.5 Å². The number of hydrogen-bond donors (Lipinski definition) is 1. The van der Waals surface area contributed by atoms with Crippen molar-refractivity contribution in [2.24, 2.45) is 0 Å². The number of amides is 1. The molecule has 134 valence electrons. The van der Waals surface area contributed by atoms with Gasteiger partial charge >= 0.3 is 0 Å². The predicted molar refractivity (Wildman–Crippen MR) is 100 cm³/mol. The van der Waals surface area contributed by atoms with Gasteiger partial charge in [-0.25, -0.2) is 0 Å². The van der Waals surface area contributed by atoms with Crippen LogP contribution >= 0.6 is 0 Å². The lowest BCUT2D eigenvalue weighted by atomic mass is 9.86. The van der Waals surface area contributed by atoms with Crippen molar-refractivity contribution in [2.75, 3.05) is 13.7 Å². The Morgan fingerprint density at radius 2 is 1.64 bits per heavy atom. The molecule has 25 heavy (non-hydrogen) atoms. The summed E-state index contributed by atoms with van der Waals surface area (Å²) in [7, 11) is 1.62. The third-order valence-corrected chi connectivity index (χ3v) is 4.04. The summed E-state index contributed by atoms with van der Waals surface area (Å²) in [6, 6.07) is 15.3. The number of rotatable bonds is 6. The highest BCUT2D eigenvalue weighted by molar-refractivity contribution is 5.78. The fraction of sp³-hybridized carbons (Fsp3) is 0.381. The number of ether oxygens (including phenoxy) is 2. The lowest BCUT2D eigenvalue weighted by molar-refractivity contribution is -0.123. The zero-order valence-electron chi connectivity index (χ0n) is 15.6. The fourth-order valence-corrected chi connectivity index (χ4v) is 2.74. The predicted octanol–water partition coefficient (Wildman–Crippen LogP) is 4.25. The Bertz CT molecular complexity index is 719. The van der Waals surface area contributed by atoms with Crippen LogP contribution in [0, 0.1) is 0 Å².